The maximum absolute atomic E-state index is 12.4. The summed E-state index contributed by atoms with van der Waals surface area (Å²) >= 11 is 11.8. The van der Waals surface area contributed by atoms with Crippen molar-refractivity contribution in [2.45, 2.75) is 24.7 Å². The molecule has 2 rings (SSSR count). The van der Waals surface area contributed by atoms with E-state index in [-0.39, 0.29) is 17.2 Å². The number of halogens is 2. The Kier molecular flexibility index (Phi) is 6.69. The summed E-state index contributed by atoms with van der Waals surface area (Å²) in [5, 5.41) is 3.60. The second kappa shape index (κ2) is 8.39. The molecular weight excluding hydrogens is 395 g/mol. The number of rotatable bonds is 6. The van der Waals surface area contributed by atoms with Crippen LogP contribution in [0, 0.1) is 0 Å². The van der Waals surface area contributed by atoms with Crippen LogP contribution < -0.4 is 5.32 Å². The highest BCUT2D eigenvalue weighted by Crippen LogP contribution is 2.25. The molecule has 0 saturated carbocycles. The van der Waals surface area contributed by atoms with E-state index in [1.54, 1.807) is 30.3 Å². The number of benzene rings is 2. The molecule has 0 radical (unpaired) electrons. The first-order chi connectivity index (χ1) is 12.1. The maximum Gasteiger partial charge on any atom is 0.242 e. The normalized spacial score (nSPS) is 11.6. The number of sulfonamides is 1. The fraction of sp³-hybridized carbons (Fsp3) is 0.278. The molecule has 0 spiro atoms. The van der Waals surface area contributed by atoms with Gasteiger partial charge in [-0.2, -0.15) is 0 Å². The zero-order chi connectivity index (χ0) is 19.5. The van der Waals surface area contributed by atoms with Gasteiger partial charge in [0.2, 0.25) is 15.9 Å². The van der Waals surface area contributed by atoms with Gasteiger partial charge in [0.25, 0.3) is 0 Å². The summed E-state index contributed by atoms with van der Waals surface area (Å²) in [7, 11) is -0.652. The molecular formula is C18H20Cl2N2O3S. The first-order valence-corrected chi connectivity index (χ1v) is 10.1. The van der Waals surface area contributed by atoms with Gasteiger partial charge in [0.15, 0.2) is 0 Å². The minimum Gasteiger partial charge on any atom is -0.326 e. The lowest BCUT2D eigenvalue weighted by Gasteiger charge is -2.15. The van der Waals surface area contributed by atoms with E-state index in [0.29, 0.717) is 27.7 Å². The standard InChI is InChI=1S/C18H20Cl2N2O3S/c1-4-13-6-7-14(26(24,25)22(2)3)11-17(13)21-18(23)10-12-5-8-15(19)16(20)9-12/h5-9,11H,4,10H2,1-3H3,(H,21,23). The number of hydrogen-bond donors (Lipinski definition) is 1. The highest BCUT2D eigenvalue weighted by molar-refractivity contribution is 7.89. The number of carbonyl (C=O) groups excluding carboxylic acids is 1. The summed E-state index contributed by atoms with van der Waals surface area (Å²) in [6.45, 7) is 1.93. The summed E-state index contributed by atoms with van der Waals surface area (Å²) in [6, 6.07) is 9.74. The highest BCUT2D eigenvalue weighted by Gasteiger charge is 2.19. The summed E-state index contributed by atoms with van der Waals surface area (Å²) in [5.41, 5.74) is 2.05. The van der Waals surface area contributed by atoms with E-state index in [4.69, 9.17) is 23.2 Å². The minimum atomic E-state index is -3.58. The molecule has 0 aliphatic heterocycles. The molecule has 1 amide bonds. The van der Waals surface area contributed by atoms with Crippen LogP contribution in [0.3, 0.4) is 0 Å². The second-order valence-corrected chi connectivity index (χ2v) is 8.90. The Hall–Kier alpha value is -1.60. The van der Waals surface area contributed by atoms with E-state index in [0.717, 1.165) is 9.87 Å². The first-order valence-electron chi connectivity index (χ1n) is 7.94. The van der Waals surface area contributed by atoms with Crippen LogP contribution >= 0.6 is 23.2 Å². The van der Waals surface area contributed by atoms with E-state index >= 15 is 0 Å². The lowest BCUT2D eigenvalue weighted by atomic mass is 10.1. The van der Waals surface area contributed by atoms with Crippen LogP contribution in [-0.4, -0.2) is 32.7 Å². The number of aryl methyl sites for hydroxylation is 1. The zero-order valence-electron chi connectivity index (χ0n) is 14.7. The molecule has 26 heavy (non-hydrogen) atoms. The molecule has 0 aromatic heterocycles. The smallest absolute Gasteiger partial charge is 0.242 e. The van der Waals surface area contributed by atoms with Crippen LogP contribution in [0.1, 0.15) is 18.1 Å². The van der Waals surface area contributed by atoms with E-state index in [9.17, 15) is 13.2 Å². The lowest BCUT2D eigenvalue weighted by Crippen LogP contribution is -2.23. The SMILES string of the molecule is CCc1ccc(S(=O)(=O)N(C)C)cc1NC(=O)Cc1ccc(Cl)c(Cl)c1. The van der Waals surface area contributed by atoms with Crippen LogP contribution in [0.4, 0.5) is 5.69 Å². The summed E-state index contributed by atoms with van der Waals surface area (Å²) < 4.78 is 25.8. The van der Waals surface area contributed by atoms with Crippen LogP contribution in [0.2, 0.25) is 10.0 Å². The number of nitrogens with one attached hydrogen (secondary N) is 1. The van der Waals surface area contributed by atoms with Gasteiger partial charge in [-0.3, -0.25) is 4.79 Å². The van der Waals surface area contributed by atoms with Crippen LogP contribution in [-0.2, 0) is 27.7 Å². The molecule has 0 fully saturated rings. The molecule has 0 heterocycles. The number of anilines is 1. The lowest BCUT2D eigenvalue weighted by molar-refractivity contribution is -0.115. The third-order valence-electron chi connectivity index (χ3n) is 3.86. The van der Waals surface area contributed by atoms with Gasteiger partial charge in [-0.05, 0) is 41.8 Å². The maximum atomic E-state index is 12.4. The second-order valence-electron chi connectivity index (χ2n) is 5.93. The summed E-state index contributed by atoms with van der Waals surface area (Å²) in [5.74, 6) is -0.266. The minimum absolute atomic E-state index is 0.102. The van der Waals surface area contributed by atoms with Crippen molar-refractivity contribution in [2.75, 3.05) is 19.4 Å². The van der Waals surface area contributed by atoms with Crippen LogP contribution in [0.5, 0.6) is 0 Å². The first kappa shape index (κ1) is 20.7. The van der Waals surface area contributed by atoms with E-state index in [2.05, 4.69) is 5.32 Å². The number of hydrogen-bond acceptors (Lipinski definition) is 3. The molecule has 2 aromatic carbocycles. The summed E-state index contributed by atoms with van der Waals surface area (Å²) in [6.07, 6.45) is 0.759. The van der Waals surface area contributed by atoms with Gasteiger partial charge < -0.3 is 5.32 Å². The number of amides is 1. The average Bonchev–Trinajstić information content (AvgIpc) is 2.57. The van der Waals surface area contributed by atoms with E-state index < -0.39 is 10.0 Å². The molecule has 0 aliphatic rings. The molecule has 2 aromatic rings. The van der Waals surface area contributed by atoms with Crippen molar-refractivity contribution in [1.29, 1.82) is 0 Å². The predicted octanol–water partition coefficient (Wildman–Crippen LogP) is 3.99. The highest BCUT2D eigenvalue weighted by atomic mass is 35.5. The van der Waals surface area contributed by atoms with Crippen molar-refractivity contribution in [3.05, 3.63) is 57.6 Å². The van der Waals surface area contributed by atoms with Crippen molar-refractivity contribution in [3.63, 3.8) is 0 Å². The Morgan fingerprint density at radius 1 is 1.08 bits per heavy atom. The van der Waals surface area contributed by atoms with Crippen molar-refractivity contribution in [1.82, 2.24) is 4.31 Å². The zero-order valence-corrected chi connectivity index (χ0v) is 17.0. The average molecular weight is 415 g/mol. The number of carbonyl (C=O) groups is 1. The van der Waals surface area contributed by atoms with Gasteiger partial charge in [-0.15, -0.1) is 0 Å². The van der Waals surface area contributed by atoms with Crippen LogP contribution in [0.15, 0.2) is 41.3 Å². The fourth-order valence-corrected chi connectivity index (χ4v) is 3.63. The molecule has 8 heteroatoms. The van der Waals surface area contributed by atoms with Crippen molar-refractivity contribution in [3.8, 4) is 0 Å². The molecule has 140 valence electrons. The fourth-order valence-electron chi connectivity index (χ4n) is 2.38. The quantitative estimate of drug-likeness (QED) is 0.776. The summed E-state index contributed by atoms with van der Waals surface area (Å²) in [4.78, 5) is 12.5. The van der Waals surface area contributed by atoms with Gasteiger partial charge in [-0.25, -0.2) is 12.7 Å². The van der Waals surface area contributed by atoms with Crippen LogP contribution in [0.25, 0.3) is 0 Å². The van der Waals surface area contributed by atoms with E-state index in [1.165, 1.54) is 20.2 Å². The number of nitrogens with zero attached hydrogens (tertiary/aromatic N) is 1. The molecule has 0 atom stereocenters. The largest absolute Gasteiger partial charge is 0.326 e. The Morgan fingerprint density at radius 2 is 1.77 bits per heavy atom. The third kappa shape index (κ3) is 4.76. The van der Waals surface area contributed by atoms with Crippen molar-refractivity contribution >= 4 is 44.8 Å². The molecule has 0 bridgehead atoms. The topological polar surface area (TPSA) is 66.5 Å². The van der Waals surface area contributed by atoms with Gasteiger partial charge >= 0.3 is 0 Å². The van der Waals surface area contributed by atoms with Gasteiger partial charge in [-0.1, -0.05) is 42.3 Å². The van der Waals surface area contributed by atoms with Crippen molar-refractivity contribution in [2.24, 2.45) is 0 Å². The van der Waals surface area contributed by atoms with Gasteiger partial charge in [0, 0.05) is 19.8 Å². The third-order valence-corrected chi connectivity index (χ3v) is 6.41. The Balaban J connectivity index is 2.26. The van der Waals surface area contributed by atoms with Gasteiger partial charge in [0.05, 0.1) is 21.4 Å². The Bertz CT molecular complexity index is 928. The monoisotopic (exact) mass is 414 g/mol. The Morgan fingerprint density at radius 3 is 2.35 bits per heavy atom. The van der Waals surface area contributed by atoms with Gasteiger partial charge in [0.1, 0.15) is 0 Å². The molecule has 5 nitrogen and oxygen atoms in total. The van der Waals surface area contributed by atoms with Crippen molar-refractivity contribution < 1.29 is 13.2 Å². The molecule has 0 saturated heterocycles. The Labute approximate surface area is 164 Å². The molecule has 1 N–H and O–H groups in total. The molecule has 0 aliphatic carbocycles. The predicted molar refractivity (Wildman–Crippen MR) is 105 cm³/mol. The molecule has 0 unspecified atom stereocenters. The van der Waals surface area contributed by atoms with E-state index in [1.807, 2.05) is 6.92 Å².